The second kappa shape index (κ2) is 2.08. The molecule has 2 heterocycles. The maximum atomic E-state index is 4.32. The van der Waals surface area contributed by atoms with Crippen LogP contribution in [0.15, 0.2) is 29.9 Å². The molecule has 3 rings (SSSR count). The summed E-state index contributed by atoms with van der Waals surface area (Å²) in [6.45, 7) is 0. The molecule has 0 amide bonds. The fourth-order valence-electron chi connectivity index (χ4n) is 1.46. The molecule has 3 aromatic rings. The summed E-state index contributed by atoms with van der Waals surface area (Å²) in [6, 6.07) is 6.26. The third-order valence-electron chi connectivity index (χ3n) is 2.03. The maximum absolute atomic E-state index is 4.32. The number of aromatic amines is 1. The molecule has 0 spiro atoms. The van der Waals surface area contributed by atoms with Crippen molar-refractivity contribution in [2.45, 2.75) is 0 Å². The van der Waals surface area contributed by atoms with Gasteiger partial charge in [0.05, 0.1) is 15.7 Å². The summed E-state index contributed by atoms with van der Waals surface area (Å²) < 4.78 is 1.25. The van der Waals surface area contributed by atoms with Crippen LogP contribution in [0.25, 0.3) is 21.1 Å². The first-order valence-electron chi connectivity index (χ1n) is 3.74. The first kappa shape index (κ1) is 6.20. The zero-order valence-electron chi connectivity index (χ0n) is 6.24. The Labute approximate surface area is 72.9 Å². The van der Waals surface area contributed by atoms with Gasteiger partial charge in [0.15, 0.2) is 0 Å². The van der Waals surface area contributed by atoms with Crippen LogP contribution in [0.5, 0.6) is 0 Å². The largest absolute Gasteiger partial charge is 0.361 e. The molecule has 0 bridgehead atoms. The Hall–Kier alpha value is -1.35. The molecule has 3 heteroatoms. The van der Waals surface area contributed by atoms with Crippen molar-refractivity contribution in [3.63, 3.8) is 0 Å². The minimum Gasteiger partial charge on any atom is -0.361 e. The molecule has 1 N–H and O–H groups in total. The average molecular weight is 174 g/mol. The number of rotatable bonds is 0. The Morgan fingerprint density at radius 3 is 3.25 bits per heavy atom. The Morgan fingerprint density at radius 1 is 1.25 bits per heavy atom. The summed E-state index contributed by atoms with van der Waals surface area (Å²) in [6.07, 6.45) is 1.95. The second-order valence-electron chi connectivity index (χ2n) is 2.70. The SMILES string of the molecule is c1cc2c(ccc3scnc32)[nH]1. The van der Waals surface area contributed by atoms with Crippen LogP contribution in [-0.2, 0) is 0 Å². The fourth-order valence-corrected chi connectivity index (χ4v) is 2.15. The zero-order chi connectivity index (χ0) is 7.97. The van der Waals surface area contributed by atoms with Crippen molar-refractivity contribution in [2.24, 2.45) is 0 Å². The highest BCUT2D eigenvalue weighted by Gasteiger charge is 2.01. The molecule has 0 aliphatic heterocycles. The maximum Gasteiger partial charge on any atom is 0.0905 e. The molecule has 0 aliphatic rings. The molecule has 58 valence electrons. The number of nitrogens with zero attached hydrogens (tertiary/aromatic N) is 1. The Bertz CT molecular complexity index is 486. The van der Waals surface area contributed by atoms with Crippen molar-refractivity contribution in [2.75, 3.05) is 0 Å². The van der Waals surface area contributed by atoms with Crippen LogP contribution in [-0.4, -0.2) is 9.97 Å². The highest BCUT2D eigenvalue weighted by molar-refractivity contribution is 7.16. The lowest BCUT2D eigenvalue weighted by Crippen LogP contribution is -1.69. The fraction of sp³-hybridized carbons (Fsp3) is 0. The van der Waals surface area contributed by atoms with E-state index in [4.69, 9.17) is 0 Å². The van der Waals surface area contributed by atoms with Gasteiger partial charge in [-0.2, -0.15) is 0 Å². The van der Waals surface area contributed by atoms with Gasteiger partial charge in [-0.3, -0.25) is 0 Å². The third-order valence-corrected chi connectivity index (χ3v) is 2.82. The monoisotopic (exact) mass is 174 g/mol. The zero-order valence-corrected chi connectivity index (χ0v) is 7.06. The lowest BCUT2D eigenvalue weighted by molar-refractivity contribution is 1.48. The lowest BCUT2D eigenvalue weighted by Gasteiger charge is -1.89. The number of aromatic nitrogens is 2. The quantitative estimate of drug-likeness (QED) is 0.557. The second-order valence-corrected chi connectivity index (χ2v) is 3.59. The van der Waals surface area contributed by atoms with Crippen molar-refractivity contribution in [3.05, 3.63) is 29.9 Å². The molecule has 2 aromatic heterocycles. The van der Waals surface area contributed by atoms with Crippen molar-refractivity contribution in [1.82, 2.24) is 9.97 Å². The van der Waals surface area contributed by atoms with E-state index in [1.165, 1.54) is 10.1 Å². The molecule has 0 radical (unpaired) electrons. The highest BCUT2D eigenvalue weighted by atomic mass is 32.1. The number of fused-ring (bicyclic) bond motifs is 3. The van der Waals surface area contributed by atoms with E-state index in [9.17, 15) is 0 Å². The van der Waals surface area contributed by atoms with Crippen LogP contribution in [0.3, 0.4) is 0 Å². The minimum atomic E-state index is 1.11. The summed E-state index contributed by atoms with van der Waals surface area (Å²) in [5.41, 5.74) is 4.16. The topological polar surface area (TPSA) is 28.7 Å². The number of benzene rings is 1. The van der Waals surface area contributed by atoms with Crippen LogP contribution in [0.4, 0.5) is 0 Å². The van der Waals surface area contributed by atoms with Crippen molar-refractivity contribution in [1.29, 1.82) is 0 Å². The van der Waals surface area contributed by atoms with Gasteiger partial charge in [0.25, 0.3) is 0 Å². The van der Waals surface area contributed by atoms with Crippen LogP contribution in [0, 0.1) is 0 Å². The summed E-state index contributed by atoms with van der Waals surface area (Å²) in [7, 11) is 0. The van der Waals surface area contributed by atoms with Crippen molar-refractivity contribution in [3.8, 4) is 0 Å². The summed E-state index contributed by atoms with van der Waals surface area (Å²) in [4.78, 5) is 7.48. The van der Waals surface area contributed by atoms with E-state index < -0.39 is 0 Å². The first-order chi connectivity index (χ1) is 5.95. The van der Waals surface area contributed by atoms with Gasteiger partial charge in [-0.1, -0.05) is 0 Å². The van der Waals surface area contributed by atoms with E-state index in [1.807, 2.05) is 11.7 Å². The molecule has 0 saturated heterocycles. The van der Waals surface area contributed by atoms with Gasteiger partial charge in [0, 0.05) is 17.1 Å². The number of hydrogen-bond acceptors (Lipinski definition) is 2. The van der Waals surface area contributed by atoms with Crippen molar-refractivity contribution < 1.29 is 0 Å². The number of hydrogen-bond donors (Lipinski definition) is 1. The molecule has 12 heavy (non-hydrogen) atoms. The minimum absolute atomic E-state index is 1.11. The molecule has 0 aliphatic carbocycles. The Kier molecular flexibility index (Phi) is 1.07. The number of thiazole rings is 1. The van der Waals surface area contributed by atoms with Crippen LogP contribution in [0.1, 0.15) is 0 Å². The van der Waals surface area contributed by atoms with E-state index >= 15 is 0 Å². The van der Waals surface area contributed by atoms with Gasteiger partial charge in [0.1, 0.15) is 0 Å². The van der Waals surface area contributed by atoms with E-state index in [1.54, 1.807) is 11.3 Å². The molecule has 0 fully saturated rings. The van der Waals surface area contributed by atoms with Crippen LogP contribution < -0.4 is 0 Å². The Balaban J connectivity index is 2.71. The Morgan fingerprint density at radius 2 is 2.25 bits per heavy atom. The summed E-state index contributed by atoms with van der Waals surface area (Å²) in [5, 5.41) is 1.22. The van der Waals surface area contributed by atoms with Gasteiger partial charge in [-0.05, 0) is 18.2 Å². The normalized spacial score (nSPS) is 11.3. The van der Waals surface area contributed by atoms with Gasteiger partial charge in [-0.25, -0.2) is 4.98 Å². The van der Waals surface area contributed by atoms with E-state index in [0.29, 0.717) is 0 Å². The van der Waals surface area contributed by atoms with Crippen LogP contribution >= 0.6 is 11.3 Å². The molecular formula is C9H6N2S. The van der Waals surface area contributed by atoms with Gasteiger partial charge in [-0.15, -0.1) is 11.3 Å². The smallest absolute Gasteiger partial charge is 0.0905 e. The van der Waals surface area contributed by atoms with Crippen LogP contribution in [0.2, 0.25) is 0 Å². The van der Waals surface area contributed by atoms with E-state index in [2.05, 4.69) is 28.2 Å². The first-order valence-corrected chi connectivity index (χ1v) is 4.62. The van der Waals surface area contributed by atoms with E-state index in [-0.39, 0.29) is 0 Å². The third kappa shape index (κ3) is 0.662. The number of nitrogens with one attached hydrogen (secondary N) is 1. The van der Waals surface area contributed by atoms with Gasteiger partial charge in [0.2, 0.25) is 0 Å². The molecular weight excluding hydrogens is 168 g/mol. The average Bonchev–Trinajstić information content (AvgIpc) is 2.71. The van der Waals surface area contributed by atoms with E-state index in [0.717, 1.165) is 11.0 Å². The molecule has 2 nitrogen and oxygen atoms in total. The molecule has 0 saturated carbocycles. The molecule has 0 unspecified atom stereocenters. The predicted octanol–water partition coefficient (Wildman–Crippen LogP) is 2.78. The number of H-pyrrole nitrogens is 1. The predicted molar refractivity (Wildman–Crippen MR) is 51.5 cm³/mol. The molecule has 0 atom stereocenters. The summed E-state index contributed by atoms with van der Waals surface area (Å²) in [5.74, 6) is 0. The standard InChI is InChI=1S/C9H6N2S/c1-2-8-9(11-5-12-8)6-3-4-10-7(1)6/h1-5,10H. The molecule has 1 aromatic carbocycles. The summed E-state index contributed by atoms with van der Waals surface area (Å²) >= 11 is 1.68. The van der Waals surface area contributed by atoms with Crippen molar-refractivity contribution >= 4 is 32.5 Å². The highest BCUT2D eigenvalue weighted by Crippen LogP contribution is 2.25. The van der Waals surface area contributed by atoms with Gasteiger partial charge >= 0.3 is 0 Å². The van der Waals surface area contributed by atoms with Gasteiger partial charge < -0.3 is 4.98 Å². The lowest BCUT2D eigenvalue weighted by atomic mass is 10.2.